The second-order valence-corrected chi connectivity index (χ2v) is 6.43. The van der Waals surface area contributed by atoms with Crippen LogP contribution in [0.1, 0.15) is 11.1 Å². The second-order valence-electron chi connectivity index (χ2n) is 6.43. The Hall–Kier alpha value is -4.68. The summed E-state index contributed by atoms with van der Waals surface area (Å²) in [5.41, 5.74) is 3.35. The van der Waals surface area contributed by atoms with Gasteiger partial charge in [0.15, 0.2) is 5.82 Å². The van der Waals surface area contributed by atoms with Gasteiger partial charge in [0.2, 0.25) is 0 Å². The molecule has 3 aromatic carbocycles. The summed E-state index contributed by atoms with van der Waals surface area (Å²) in [5, 5.41) is 25.0. The summed E-state index contributed by atoms with van der Waals surface area (Å²) in [6.07, 6.45) is 0. The monoisotopic (exact) mass is 388 g/mol. The van der Waals surface area contributed by atoms with E-state index in [2.05, 4.69) is 32.7 Å². The first-order chi connectivity index (χ1) is 14.7. The van der Waals surface area contributed by atoms with E-state index in [-0.39, 0.29) is 0 Å². The Morgan fingerprint density at radius 2 is 1.40 bits per heavy atom. The molecule has 0 bridgehead atoms. The van der Waals surface area contributed by atoms with Crippen molar-refractivity contribution in [1.29, 1.82) is 10.5 Å². The molecular formula is C24H16N6. The number of hydrogen-bond donors (Lipinski definition) is 2. The van der Waals surface area contributed by atoms with Gasteiger partial charge < -0.3 is 10.6 Å². The lowest BCUT2D eigenvalue weighted by molar-refractivity contribution is 1.17. The average molecular weight is 388 g/mol. The summed E-state index contributed by atoms with van der Waals surface area (Å²) in [5.74, 6) is 1.65. The zero-order valence-electron chi connectivity index (χ0n) is 15.9. The molecule has 0 aliphatic heterocycles. The van der Waals surface area contributed by atoms with Crippen molar-refractivity contribution < 1.29 is 0 Å². The van der Waals surface area contributed by atoms with E-state index in [4.69, 9.17) is 5.26 Å². The standard InChI is InChI=1S/C24H16N6/c25-15-17-7-6-11-20(13-17)27-22-14-23(28-21-12-5-4-10-19(21)16-26)30-24(29-22)18-8-2-1-3-9-18/h1-14H,(H2,27,28,29,30). The Kier molecular flexibility index (Phi) is 5.32. The molecule has 30 heavy (non-hydrogen) atoms. The van der Waals surface area contributed by atoms with Crippen molar-refractivity contribution >= 4 is 23.0 Å². The Morgan fingerprint density at radius 3 is 2.17 bits per heavy atom. The first-order valence-corrected chi connectivity index (χ1v) is 9.23. The van der Waals surface area contributed by atoms with Gasteiger partial charge in [0.05, 0.1) is 22.9 Å². The van der Waals surface area contributed by atoms with Gasteiger partial charge in [-0.05, 0) is 30.3 Å². The quantitative estimate of drug-likeness (QED) is 0.477. The first kappa shape index (κ1) is 18.7. The highest BCUT2D eigenvalue weighted by atomic mass is 15.1. The predicted molar refractivity (Wildman–Crippen MR) is 116 cm³/mol. The van der Waals surface area contributed by atoms with E-state index >= 15 is 0 Å². The van der Waals surface area contributed by atoms with Crippen molar-refractivity contribution in [3.63, 3.8) is 0 Å². The topological polar surface area (TPSA) is 97.4 Å². The summed E-state index contributed by atoms with van der Waals surface area (Å²) in [4.78, 5) is 9.25. The fraction of sp³-hybridized carbons (Fsp3) is 0. The van der Waals surface area contributed by atoms with Gasteiger partial charge in [-0.1, -0.05) is 48.5 Å². The van der Waals surface area contributed by atoms with Crippen molar-refractivity contribution in [3.05, 3.63) is 96.1 Å². The van der Waals surface area contributed by atoms with E-state index in [9.17, 15) is 5.26 Å². The molecule has 4 aromatic rings. The summed E-state index contributed by atoms with van der Waals surface area (Å²) < 4.78 is 0. The van der Waals surface area contributed by atoms with Crippen molar-refractivity contribution in [1.82, 2.24) is 9.97 Å². The van der Waals surface area contributed by atoms with Crippen molar-refractivity contribution in [2.24, 2.45) is 0 Å². The SMILES string of the molecule is N#Cc1cccc(Nc2cc(Nc3ccccc3C#N)nc(-c3ccccc3)n2)c1. The van der Waals surface area contributed by atoms with Crippen molar-refractivity contribution in [2.45, 2.75) is 0 Å². The molecule has 1 aromatic heterocycles. The van der Waals surface area contributed by atoms with Crippen LogP contribution in [0.25, 0.3) is 11.4 Å². The molecule has 6 heteroatoms. The highest BCUT2D eigenvalue weighted by Gasteiger charge is 2.10. The molecule has 0 amide bonds. The van der Waals surface area contributed by atoms with Crippen LogP contribution >= 0.6 is 0 Å². The molecule has 0 saturated carbocycles. The summed E-state index contributed by atoms with van der Waals surface area (Å²) in [7, 11) is 0. The van der Waals surface area contributed by atoms with Crippen LogP contribution in [0.2, 0.25) is 0 Å². The number of benzene rings is 3. The highest BCUT2D eigenvalue weighted by Crippen LogP contribution is 2.26. The maximum absolute atomic E-state index is 9.37. The van der Waals surface area contributed by atoms with E-state index in [1.54, 1.807) is 24.3 Å². The molecular weight excluding hydrogens is 372 g/mol. The molecule has 0 radical (unpaired) electrons. The molecule has 0 aliphatic carbocycles. The fourth-order valence-electron chi connectivity index (χ4n) is 2.93. The van der Waals surface area contributed by atoms with Crippen LogP contribution in [0.15, 0.2) is 84.9 Å². The normalized spacial score (nSPS) is 9.93. The van der Waals surface area contributed by atoms with Crippen LogP contribution in [0, 0.1) is 22.7 Å². The molecule has 6 nitrogen and oxygen atoms in total. The van der Waals surface area contributed by atoms with Gasteiger partial charge in [-0.3, -0.25) is 0 Å². The van der Waals surface area contributed by atoms with Gasteiger partial charge in [0.25, 0.3) is 0 Å². The first-order valence-electron chi connectivity index (χ1n) is 9.23. The maximum Gasteiger partial charge on any atom is 0.163 e. The summed E-state index contributed by atoms with van der Waals surface area (Å²) >= 11 is 0. The van der Waals surface area contributed by atoms with Gasteiger partial charge >= 0.3 is 0 Å². The third kappa shape index (κ3) is 4.24. The van der Waals surface area contributed by atoms with Crippen LogP contribution < -0.4 is 10.6 Å². The number of anilines is 4. The van der Waals surface area contributed by atoms with Gasteiger partial charge in [0, 0.05) is 17.3 Å². The highest BCUT2D eigenvalue weighted by molar-refractivity contribution is 5.70. The van der Waals surface area contributed by atoms with E-state index in [0.717, 1.165) is 11.3 Å². The van der Waals surface area contributed by atoms with E-state index < -0.39 is 0 Å². The molecule has 0 aliphatic rings. The minimum Gasteiger partial charge on any atom is -0.340 e. The minimum absolute atomic E-state index is 0.522. The van der Waals surface area contributed by atoms with Gasteiger partial charge in [0.1, 0.15) is 17.7 Å². The Labute approximate surface area is 174 Å². The van der Waals surface area contributed by atoms with Crippen LogP contribution in [0.3, 0.4) is 0 Å². The third-order valence-electron chi connectivity index (χ3n) is 4.33. The predicted octanol–water partition coefficient (Wildman–Crippen LogP) is 5.37. The number of nitrogens with one attached hydrogen (secondary N) is 2. The van der Waals surface area contributed by atoms with Gasteiger partial charge in [-0.2, -0.15) is 10.5 Å². The Morgan fingerprint density at radius 1 is 0.667 bits per heavy atom. The van der Waals surface area contributed by atoms with E-state index in [1.807, 2.05) is 60.7 Å². The third-order valence-corrected chi connectivity index (χ3v) is 4.33. The minimum atomic E-state index is 0.522. The molecule has 1 heterocycles. The zero-order chi connectivity index (χ0) is 20.8. The van der Waals surface area contributed by atoms with E-state index in [0.29, 0.717) is 34.3 Å². The van der Waals surface area contributed by atoms with Crippen LogP contribution in [0.5, 0.6) is 0 Å². The van der Waals surface area contributed by atoms with E-state index in [1.165, 1.54) is 0 Å². The van der Waals surface area contributed by atoms with Crippen LogP contribution in [-0.2, 0) is 0 Å². The molecule has 2 N–H and O–H groups in total. The van der Waals surface area contributed by atoms with Gasteiger partial charge in [-0.15, -0.1) is 0 Å². The molecule has 0 saturated heterocycles. The van der Waals surface area contributed by atoms with Crippen molar-refractivity contribution in [2.75, 3.05) is 10.6 Å². The van der Waals surface area contributed by atoms with Crippen LogP contribution in [-0.4, -0.2) is 9.97 Å². The lowest BCUT2D eigenvalue weighted by Gasteiger charge is -2.12. The summed E-state index contributed by atoms with van der Waals surface area (Å²) in [6.45, 7) is 0. The average Bonchev–Trinajstić information content (AvgIpc) is 2.80. The lowest BCUT2D eigenvalue weighted by atomic mass is 10.2. The second kappa shape index (κ2) is 8.55. The zero-order valence-corrected chi connectivity index (χ0v) is 15.9. The molecule has 0 atom stereocenters. The maximum atomic E-state index is 9.37. The molecule has 0 unspecified atom stereocenters. The van der Waals surface area contributed by atoms with Crippen LogP contribution in [0.4, 0.5) is 23.0 Å². The molecule has 142 valence electrons. The number of para-hydroxylation sites is 1. The number of rotatable bonds is 5. The summed E-state index contributed by atoms with van der Waals surface area (Å²) in [6, 6.07) is 30.1. The number of aromatic nitrogens is 2. The lowest BCUT2D eigenvalue weighted by Crippen LogP contribution is -2.02. The number of nitrogens with zero attached hydrogens (tertiary/aromatic N) is 4. The number of hydrogen-bond acceptors (Lipinski definition) is 6. The largest absolute Gasteiger partial charge is 0.340 e. The molecule has 0 spiro atoms. The molecule has 4 rings (SSSR count). The Balaban J connectivity index is 1.75. The number of nitriles is 2. The molecule has 0 fully saturated rings. The Bertz CT molecular complexity index is 1270. The fourth-order valence-corrected chi connectivity index (χ4v) is 2.93. The van der Waals surface area contributed by atoms with Crippen molar-refractivity contribution in [3.8, 4) is 23.5 Å². The smallest absolute Gasteiger partial charge is 0.163 e. The van der Waals surface area contributed by atoms with Gasteiger partial charge in [-0.25, -0.2) is 9.97 Å².